The molecule has 0 aliphatic heterocycles. The summed E-state index contributed by atoms with van der Waals surface area (Å²) < 4.78 is 0. The number of hydrogen-bond acceptors (Lipinski definition) is 2. The van der Waals surface area contributed by atoms with E-state index in [1.165, 1.54) is 12.1 Å². The summed E-state index contributed by atoms with van der Waals surface area (Å²) in [5.74, 6) is -0.284. The van der Waals surface area contributed by atoms with Gasteiger partial charge in [0.1, 0.15) is 0 Å². The van der Waals surface area contributed by atoms with Gasteiger partial charge in [0.25, 0.3) is 5.91 Å². The lowest BCUT2D eigenvalue weighted by Crippen LogP contribution is -2.22. The molecule has 0 saturated heterocycles. The molecular formula is C14H11Cl3N2O. The molecule has 2 aromatic rings. The maximum atomic E-state index is 12.0. The summed E-state index contributed by atoms with van der Waals surface area (Å²) in [5.41, 5.74) is 7.14. The van der Waals surface area contributed by atoms with E-state index in [2.05, 4.69) is 5.32 Å². The van der Waals surface area contributed by atoms with Gasteiger partial charge in [0.05, 0.1) is 15.7 Å². The minimum Gasteiger partial charge on any atom is -0.396 e. The van der Waals surface area contributed by atoms with Crippen molar-refractivity contribution in [1.29, 1.82) is 0 Å². The second-order valence-electron chi connectivity index (χ2n) is 4.17. The molecule has 0 heterocycles. The summed E-state index contributed by atoms with van der Waals surface area (Å²) in [4.78, 5) is 12.0. The molecule has 0 unspecified atom stereocenters. The predicted octanol–water partition coefficient (Wildman–Crippen LogP) is 4.16. The van der Waals surface area contributed by atoms with Gasteiger partial charge in [-0.25, -0.2) is 0 Å². The maximum Gasteiger partial charge on any atom is 0.251 e. The molecule has 3 nitrogen and oxygen atoms in total. The minimum absolute atomic E-state index is 0.255. The fourth-order valence-corrected chi connectivity index (χ4v) is 2.35. The van der Waals surface area contributed by atoms with Gasteiger partial charge >= 0.3 is 0 Å². The van der Waals surface area contributed by atoms with Crippen LogP contribution in [0.15, 0.2) is 36.4 Å². The Hall–Kier alpha value is -1.42. The van der Waals surface area contributed by atoms with Crippen molar-refractivity contribution >= 4 is 46.4 Å². The molecule has 0 radical (unpaired) electrons. The lowest BCUT2D eigenvalue weighted by Gasteiger charge is -2.08. The molecule has 2 rings (SSSR count). The van der Waals surface area contributed by atoms with E-state index < -0.39 is 0 Å². The van der Waals surface area contributed by atoms with Gasteiger partial charge in [-0.3, -0.25) is 4.79 Å². The fraction of sp³-hybridized carbons (Fsp3) is 0.0714. The molecule has 0 spiro atoms. The molecule has 20 heavy (non-hydrogen) atoms. The third-order valence-electron chi connectivity index (χ3n) is 2.68. The van der Waals surface area contributed by atoms with Gasteiger partial charge in [-0.2, -0.15) is 0 Å². The fourth-order valence-electron chi connectivity index (χ4n) is 1.65. The number of benzene rings is 2. The topological polar surface area (TPSA) is 55.1 Å². The third-order valence-corrected chi connectivity index (χ3v) is 3.54. The van der Waals surface area contributed by atoms with Crippen LogP contribution >= 0.6 is 34.8 Å². The summed E-state index contributed by atoms with van der Waals surface area (Å²) in [7, 11) is 0. The highest BCUT2D eigenvalue weighted by Gasteiger charge is 2.11. The van der Waals surface area contributed by atoms with Gasteiger partial charge < -0.3 is 11.1 Å². The first kappa shape index (κ1) is 15.0. The molecule has 1 amide bonds. The van der Waals surface area contributed by atoms with E-state index in [0.717, 1.165) is 5.56 Å². The Balaban J connectivity index is 2.09. The maximum absolute atomic E-state index is 12.0. The molecule has 0 aliphatic rings. The standard InChI is InChI=1S/C14H11Cl3N2O/c15-10-3-1-2-8(4-10)7-19-14(20)9-5-11(16)13(18)12(17)6-9/h1-6H,7,18H2,(H,19,20). The highest BCUT2D eigenvalue weighted by atomic mass is 35.5. The van der Waals surface area contributed by atoms with Gasteiger partial charge in [0.15, 0.2) is 0 Å². The smallest absolute Gasteiger partial charge is 0.251 e. The van der Waals surface area contributed by atoms with Gasteiger partial charge in [-0.05, 0) is 29.8 Å². The molecule has 0 saturated carbocycles. The number of rotatable bonds is 3. The van der Waals surface area contributed by atoms with Crippen molar-refractivity contribution in [2.75, 3.05) is 5.73 Å². The first-order chi connectivity index (χ1) is 9.47. The first-order valence-corrected chi connectivity index (χ1v) is 6.88. The number of carbonyl (C=O) groups excluding carboxylic acids is 1. The number of nitrogens with one attached hydrogen (secondary N) is 1. The van der Waals surface area contributed by atoms with E-state index in [-0.39, 0.29) is 21.6 Å². The Bertz CT molecular complexity index is 636. The summed E-state index contributed by atoms with van der Waals surface area (Å²) >= 11 is 17.7. The summed E-state index contributed by atoms with van der Waals surface area (Å²) in [5, 5.41) is 3.89. The number of anilines is 1. The van der Waals surface area contributed by atoms with E-state index in [9.17, 15) is 4.79 Å². The number of nitrogen functional groups attached to an aromatic ring is 1. The van der Waals surface area contributed by atoms with Crippen molar-refractivity contribution in [2.24, 2.45) is 0 Å². The number of nitrogens with two attached hydrogens (primary N) is 1. The average molecular weight is 330 g/mol. The van der Waals surface area contributed by atoms with Crippen LogP contribution in [0.1, 0.15) is 15.9 Å². The highest BCUT2D eigenvalue weighted by molar-refractivity contribution is 6.39. The number of halogens is 3. The lowest BCUT2D eigenvalue weighted by molar-refractivity contribution is 0.0951. The molecule has 0 bridgehead atoms. The Morgan fingerprint density at radius 3 is 2.35 bits per heavy atom. The number of hydrogen-bond donors (Lipinski definition) is 2. The van der Waals surface area contributed by atoms with Gasteiger partial charge in [-0.15, -0.1) is 0 Å². The van der Waals surface area contributed by atoms with Crippen molar-refractivity contribution < 1.29 is 4.79 Å². The van der Waals surface area contributed by atoms with Crippen molar-refractivity contribution in [3.63, 3.8) is 0 Å². The zero-order valence-corrected chi connectivity index (χ0v) is 12.6. The van der Waals surface area contributed by atoms with Crippen LogP contribution in [0.3, 0.4) is 0 Å². The van der Waals surface area contributed by atoms with Crippen molar-refractivity contribution in [3.8, 4) is 0 Å². The van der Waals surface area contributed by atoms with E-state index in [1.807, 2.05) is 12.1 Å². The Kier molecular flexibility index (Phi) is 4.76. The molecule has 0 aliphatic carbocycles. The van der Waals surface area contributed by atoms with Crippen molar-refractivity contribution in [3.05, 3.63) is 62.6 Å². The zero-order valence-electron chi connectivity index (χ0n) is 10.3. The highest BCUT2D eigenvalue weighted by Crippen LogP contribution is 2.28. The molecule has 104 valence electrons. The van der Waals surface area contributed by atoms with Crippen LogP contribution in [0.2, 0.25) is 15.1 Å². The summed E-state index contributed by atoms with van der Waals surface area (Å²) in [6.45, 7) is 0.360. The number of carbonyl (C=O) groups is 1. The third kappa shape index (κ3) is 3.57. The number of amides is 1. The Labute approximate surface area is 131 Å². The first-order valence-electron chi connectivity index (χ1n) is 5.74. The molecule has 0 fully saturated rings. The van der Waals surface area contributed by atoms with Crippen molar-refractivity contribution in [2.45, 2.75) is 6.54 Å². The minimum atomic E-state index is -0.284. The predicted molar refractivity (Wildman–Crippen MR) is 83.5 cm³/mol. The molecule has 6 heteroatoms. The van der Waals surface area contributed by atoms with Crippen molar-refractivity contribution in [1.82, 2.24) is 5.32 Å². The van der Waals surface area contributed by atoms with Crippen LogP contribution in [0.5, 0.6) is 0 Å². The quantitative estimate of drug-likeness (QED) is 0.831. The second kappa shape index (κ2) is 6.35. The SMILES string of the molecule is Nc1c(Cl)cc(C(=O)NCc2cccc(Cl)c2)cc1Cl. The van der Waals surface area contributed by atoms with Crippen LogP contribution in [0.25, 0.3) is 0 Å². The van der Waals surface area contributed by atoms with Crippen LogP contribution in [-0.4, -0.2) is 5.91 Å². The average Bonchev–Trinajstić information content (AvgIpc) is 2.41. The molecule has 0 atom stereocenters. The Morgan fingerprint density at radius 1 is 1.10 bits per heavy atom. The van der Waals surface area contributed by atoms with Gasteiger partial charge in [-0.1, -0.05) is 46.9 Å². The lowest BCUT2D eigenvalue weighted by atomic mass is 10.1. The van der Waals surface area contributed by atoms with E-state index in [0.29, 0.717) is 17.1 Å². The van der Waals surface area contributed by atoms with Crippen LogP contribution in [-0.2, 0) is 6.54 Å². The second-order valence-corrected chi connectivity index (χ2v) is 5.42. The summed E-state index contributed by atoms with van der Waals surface area (Å²) in [6, 6.07) is 10.2. The molecule has 0 aromatic heterocycles. The molecular weight excluding hydrogens is 319 g/mol. The van der Waals surface area contributed by atoms with E-state index in [4.69, 9.17) is 40.5 Å². The molecule has 2 aromatic carbocycles. The van der Waals surface area contributed by atoms with Crippen LogP contribution < -0.4 is 11.1 Å². The molecule has 3 N–H and O–H groups in total. The summed E-state index contributed by atoms with van der Waals surface area (Å²) in [6.07, 6.45) is 0. The van der Waals surface area contributed by atoms with Crippen LogP contribution in [0.4, 0.5) is 5.69 Å². The zero-order chi connectivity index (χ0) is 14.7. The van der Waals surface area contributed by atoms with Gasteiger partial charge in [0.2, 0.25) is 0 Å². The largest absolute Gasteiger partial charge is 0.396 e. The van der Waals surface area contributed by atoms with Crippen LogP contribution in [0, 0.1) is 0 Å². The van der Waals surface area contributed by atoms with E-state index in [1.54, 1.807) is 12.1 Å². The monoisotopic (exact) mass is 328 g/mol. The Morgan fingerprint density at radius 2 is 1.75 bits per heavy atom. The van der Waals surface area contributed by atoms with E-state index >= 15 is 0 Å². The van der Waals surface area contributed by atoms with Gasteiger partial charge in [0, 0.05) is 17.1 Å². The normalized spacial score (nSPS) is 10.3.